The number of para-hydroxylation sites is 1. The van der Waals surface area contributed by atoms with Crippen LogP contribution >= 0.6 is 0 Å². The van der Waals surface area contributed by atoms with E-state index in [-0.39, 0.29) is 21.9 Å². The first-order valence-corrected chi connectivity index (χ1v) is 9.13. The van der Waals surface area contributed by atoms with Gasteiger partial charge in [-0.05, 0) is 0 Å². The zero-order chi connectivity index (χ0) is 16.6. The van der Waals surface area contributed by atoms with E-state index in [0.29, 0.717) is 0 Å². The predicted octanol–water partition coefficient (Wildman–Crippen LogP) is -0.202. The standard InChI is InChI=1S/C8H10AsNO5.C4H9NO/c1-6(11)10-8-5-3-2-4-7(8)9(12,13)15-14;1-4(6)5(2)3/h2-5,14H,1H3,(H,10,11)(H,12,13);1-3H3. The van der Waals surface area contributed by atoms with E-state index in [2.05, 4.69) is 9.19 Å². The Kier molecular flexibility index (Phi) is 7.98. The van der Waals surface area contributed by atoms with Crippen LogP contribution in [0.4, 0.5) is 5.69 Å². The third-order valence-electron chi connectivity index (χ3n) is 2.26. The first kappa shape index (κ1) is 19.4. The number of benzene rings is 1. The minimum absolute atomic E-state index is 0.0926. The third kappa shape index (κ3) is 7.10. The number of hydrogen-bond donors (Lipinski definition) is 3. The summed E-state index contributed by atoms with van der Waals surface area (Å²) in [7, 11) is 3.45. The molecule has 3 N–H and O–H groups in total. The number of carbonyl (C=O) groups excluding carboxylic acids is 2. The van der Waals surface area contributed by atoms with Gasteiger partial charge in [0, 0.05) is 21.0 Å². The minimum atomic E-state index is -4.92. The molecule has 1 atom stereocenters. The van der Waals surface area contributed by atoms with Crippen molar-refractivity contribution < 1.29 is 26.6 Å². The van der Waals surface area contributed by atoms with E-state index in [0.717, 1.165) is 0 Å². The van der Waals surface area contributed by atoms with Gasteiger partial charge in [-0.25, -0.2) is 0 Å². The molecule has 0 aliphatic carbocycles. The van der Waals surface area contributed by atoms with Crippen molar-refractivity contribution in [2.24, 2.45) is 0 Å². The van der Waals surface area contributed by atoms with Crippen LogP contribution < -0.4 is 9.67 Å². The molecule has 0 aromatic heterocycles. The van der Waals surface area contributed by atoms with Crippen LogP contribution in [0.3, 0.4) is 0 Å². The maximum atomic E-state index is 11.4. The van der Waals surface area contributed by atoms with E-state index < -0.39 is 14.2 Å². The summed E-state index contributed by atoms with van der Waals surface area (Å²) >= 11 is -4.92. The van der Waals surface area contributed by atoms with Gasteiger partial charge < -0.3 is 4.90 Å². The summed E-state index contributed by atoms with van der Waals surface area (Å²) in [6.07, 6.45) is 0. The van der Waals surface area contributed by atoms with E-state index in [1.54, 1.807) is 20.2 Å². The molecule has 0 aliphatic rings. The van der Waals surface area contributed by atoms with Crippen LogP contribution in [0, 0.1) is 0 Å². The molecule has 0 aliphatic heterocycles. The van der Waals surface area contributed by atoms with Gasteiger partial charge in [-0.2, -0.15) is 0 Å². The molecular formula is C12H19AsN2O6. The zero-order valence-corrected chi connectivity index (χ0v) is 14.1. The van der Waals surface area contributed by atoms with Crippen molar-refractivity contribution in [2.75, 3.05) is 19.4 Å². The quantitative estimate of drug-likeness (QED) is 0.390. The molecule has 1 rings (SSSR count). The van der Waals surface area contributed by atoms with Crippen LogP contribution in [0.5, 0.6) is 0 Å². The summed E-state index contributed by atoms with van der Waals surface area (Å²) in [6, 6.07) is 5.84. The Morgan fingerprint density at radius 3 is 2.10 bits per heavy atom. The van der Waals surface area contributed by atoms with Crippen molar-refractivity contribution in [2.45, 2.75) is 13.8 Å². The van der Waals surface area contributed by atoms with E-state index in [1.165, 1.54) is 36.9 Å². The fourth-order valence-corrected chi connectivity index (χ4v) is 2.73. The molecule has 1 unspecified atom stereocenters. The van der Waals surface area contributed by atoms with Gasteiger partial charge in [-0.15, -0.1) is 0 Å². The second-order valence-corrected chi connectivity index (χ2v) is 7.75. The van der Waals surface area contributed by atoms with Gasteiger partial charge in [0.05, 0.1) is 0 Å². The van der Waals surface area contributed by atoms with Gasteiger partial charge in [-0.1, -0.05) is 0 Å². The third-order valence-corrected chi connectivity index (χ3v) is 4.82. The summed E-state index contributed by atoms with van der Waals surface area (Å²) < 4.78 is 24.1. The molecule has 0 bridgehead atoms. The van der Waals surface area contributed by atoms with E-state index in [1.807, 2.05) is 0 Å². The van der Waals surface area contributed by atoms with Crippen LogP contribution in [0.25, 0.3) is 0 Å². The zero-order valence-electron chi connectivity index (χ0n) is 12.2. The number of nitrogens with zero attached hydrogens (tertiary/aromatic N) is 1. The second kappa shape index (κ2) is 8.63. The van der Waals surface area contributed by atoms with Gasteiger partial charge >= 0.3 is 88.4 Å². The molecule has 1 aromatic carbocycles. The van der Waals surface area contributed by atoms with Gasteiger partial charge in [0.2, 0.25) is 5.91 Å². The second-order valence-electron chi connectivity index (χ2n) is 4.21. The number of amides is 2. The van der Waals surface area contributed by atoms with E-state index in [9.17, 15) is 17.4 Å². The van der Waals surface area contributed by atoms with Crippen LogP contribution in [0.15, 0.2) is 24.3 Å². The molecule has 118 valence electrons. The average molecular weight is 362 g/mol. The van der Waals surface area contributed by atoms with Gasteiger partial charge in [-0.3, -0.25) is 4.79 Å². The summed E-state index contributed by atoms with van der Waals surface area (Å²) in [5.41, 5.74) is 0.157. The molecule has 0 heterocycles. The molecule has 9 heteroatoms. The fraction of sp³-hybridized carbons (Fsp3) is 0.333. The normalized spacial score (nSPS) is 12.5. The van der Waals surface area contributed by atoms with E-state index in [4.69, 9.17) is 5.26 Å². The van der Waals surface area contributed by atoms with Crippen LogP contribution in [0.1, 0.15) is 13.8 Å². The van der Waals surface area contributed by atoms with Crippen LogP contribution in [-0.2, 0) is 17.2 Å². The molecule has 0 fully saturated rings. The Morgan fingerprint density at radius 1 is 1.24 bits per heavy atom. The van der Waals surface area contributed by atoms with Crippen molar-refractivity contribution in [3.63, 3.8) is 0 Å². The molecule has 0 radical (unpaired) electrons. The van der Waals surface area contributed by atoms with Gasteiger partial charge in [0.25, 0.3) is 0 Å². The molecule has 1 aromatic rings. The van der Waals surface area contributed by atoms with Crippen molar-refractivity contribution in [1.82, 2.24) is 4.90 Å². The van der Waals surface area contributed by atoms with Crippen LogP contribution in [-0.4, -0.2) is 54.3 Å². The molecule has 0 spiro atoms. The number of rotatable bonds is 3. The summed E-state index contributed by atoms with van der Waals surface area (Å²) in [6.45, 7) is 2.80. The first-order valence-electron chi connectivity index (χ1n) is 5.82. The Morgan fingerprint density at radius 2 is 1.71 bits per heavy atom. The number of nitrogens with one attached hydrogen (secondary N) is 1. The van der Waals surface area contributed by atoms with Crippen molar-refractivity contribution in [3.8, 4) is 0 Å². The Hall–Kier alpha value is -1.60. The molecule has 0 saturated carbocycles. The topological polar surface area (TPSA) is 116 Å². The maximum absolute atomic E-state index is 11.4. The molecule has 2 amide bonds. The van der Waals surface area contributed by atoms with Gasteiger partial charge in [0.1, 0.15) is 0 Å². The molecule has 21 heavy (non-hydrogen) atoms. The van der Waals surface area contributed by atoms with Crippen molar-refractivity contribution in [3.05, 3.63) is 24.3 Å². The predicted molar refractivity (Wildman–Crippen MR) is 77.1 cm³/mol. The summed E-state index contributed by atoms with van der Waals surface area (Å²) in [5.74, 6) is -0.286. The monoisotopic (exact) mass is 362 g/mol. The number of hydrogen-bond acceptors (Lipinski definition) is 5. The number of carbonyl (C=O) groups is 2. The summed E-state index contributed by atoms with van der Waals surface area (Å²) in [4.78, 5) is 22.4. The Bertz CT molecular complexity index is 546. The van der Waals surface area contributed by atoms with Crippen LogP contribution in [0.2, 0.25) is 0 Å². The van der Waals surface area contributed by atoms with Gasteiger partial charge in [0.15, 0.2) is 0 Å². The average Bonchev–Trinajstić information content (AvgIpc) is 2.39. The number of anilines is 1. The molecular weight excluding hydrogens is 343 g/mol. The Labute approximate surface area is 125 Å². The fourth-order valence-electron chi connectivity index (χ4n) is 1.06. The SMILES string of the molecule is CC(=O)N(C)C.CC(=O)Nc1ccccc1[As](=O)(O)OO. The summed E-state index contributed by atoms with van der Waals surface area (Å²) in [5, 5.41) is 10.7. The van der Waals surface area contributed by atoms with E-state index >= 15 is 0 Å². The van der Waals surface area contributed by atoms with Crippen molar-refractivity contribution >= 4 is 36.0 Å². The molecule has 0 saturated heterocycles. The van der Waals surface area contributed by atoms with Crippen molar-refractivity contribution in [1.29, 1.82) is 0 Å². The Balaban J connectivity index is 0.000000567. The first-order chi connectivity index (χ1) is 9.61. The molecule has 8 nitrogen and oxygen atoms in total.